The van der Waals surface area contributed by atoms with Gasteiger partial charge in [-0.05, 0) is 37.0 Å². The second-order valence-electron chi connectivity index (χ2n) is 5.20. The number of hydrogen-bond acceptors (Lipinski definition) is 2. The molecular weight excluding hydrogens is 208 g/mol. The van der Waals surface area contributed by atoms with Gasteiger partial charge in [0.15, 0.2) is 0 Å². The third kappa shape index (κ3) is 2.29. The molecule has 0 N–H and O–H groups in total. The van der Waals surface area contributed by atoms with Gasteiger partial charge >= 0.3 is 0 Å². The van der Waals surface area contributed by atoms with E-state index in [1.807, 2.05) is 0 Å². The van der Waals surface area contributed by atoms with Crippen molar-refractivity contribution in [2.75, 3.05) is 11.4 Å². The summed E-state index contributed by atoms with van der Waals surface area (Å²) in [7, 11) is 0. The molecule has 0 spiro atoms. The van der Waals surface area contributed by atoms with E-state index in [0.717, 1.165) is 13.0 Å². The molecule has 0 saturated carbocycles. The molecule has 1 aliphatic rings. The van der Waals surface area contributed by atoms with Crippen molar-refractivity contribution in [2.45, 2.75) is 39.2 Å². The van der Waals surface area contributed by atoms with Crippen molar-refractivity contribution in [1.29, 1.82) is 5.26 Å². The largest absolute Gasteiger partial charge is 0.367 e. The second kappa shape index (κ2) is 4.79. The van der Waals surface area contributed by atoms with Gasteiger partial charge in [0.25, 0.3) is 0 Å². The predicted molar refractivity (Wildman–Crippen MR) is 71.1 cm³/mol. The van der Waals surface area contributed by atoms with Gasteiger partial charge in [-0.2, -0.15) is 5.26 Å². The molecule has 2 heteroatoms. The molecule has 1 fully saturated rings. The van der Waals surface area contributed by atoms with E-state index >= 15 is 0 Å². The standard InChI is InChI=1S/C15H20N2/c1-11(2)13-4-6-15(7-5-13)17-9-8-14(10-16)12(17)3/h4-7,11-12,14H,8-9H2,1-3H3. The van der Waals surface area contributed by atoms with Crippen molar-refractivity contribution in [1.82, 2.24) is 0 Å². The van der Waals surface area contributed by atoms with E-state index in [1.54, 1.807) is 0 Å². The van der Waals surface area contributed by atoms with E-state index in [0.29, 0.717) is 12.0 Å². The highest BCUT2D eigenvalue weighted by molar-refractivity contribution is 5.50. The lowest BCUT2D eigenvalue weighted by atomic mass is 10.0. The highest BCUT2D eigenvalue weighted by atomic mass is 15.2. The zero-order valence-corrected chi connectivity index (χ0v) is 10.9. The Labute approximate surface area is 104 Å². The van der Waals surface area contributed by atoms with Gasteiger partial charge in [-0.3, -0.25) is 0 Å². The Morgan fingerprint density at radius 2 is 1.94 bits per heavy atom. The minimum absolute atomic E-state index is 0.180. The van der Waals surface area contributed by atoms with Crippen molar-refractivity contribution >= 4 is 5.69 Å². The van der Waals surface area contributed by atoms with Crippen molar-refractivity contribution in [3.8, 4) is 6.07 Å². The van der Waals surface area contributed by atoms with Crippen LogP contribution in [0, 0.1) is 17.2 Å². The summed E-state index contributed by atoms with van der Waals surface area (Å²) in [6.07, 6.45) is 0.990. The van der Waals surface area contributed by atoms with E-state index in [9.17, 15) is 0 Å². The van der Waals surface area contributed by atoms with Crippen molar-refractivity contribution < 1.29 is 0 Å². The first-order valence-electron chi connectivity index (χ1n) is 6.39. The summed E-state index contributed by atoms with van der Waals surface area (Å²) in [5, 5.41) is 9.04. The quantitative estimate of drug-likeness (QED) is 0.774. The van der Waals surface area contributed by atoms with Crippen LogP contribution in [0.1, 0.15) is 38.7 Å². The molecule has 90 valence electrons. The maximum absolute atomic E-state index is 9.04. The fraction of sp³-hybridized carbons (Fsp3) is 0.533. The van der Waals surface area contributed by atoms with Gasteiger partial charge in [0.2, 0.25) is 0 Å². The van der Waals surface area contributed by atoms with Crippen LogP contribution < -0.4 is 4.90 Å². The lowest BCUT2D eigenvalue weighted by molar-refractivity contribution is 0.615. The summed E-state index contributed by atoms with van der Waals surface area (Å²) in [6, 6.07) is 11.5. The Kier molecular flexibility index (Phi) is 3.38. The summed E-state index contributed by atoms with van der Waals surface area (Å²) < 4.78 is 0. The summed E-state index contributed by atoms with van der Waals surface area (Å²) in [4.78, 5) is 2.35. The smallest absolute Gasteiger partial charge is 0.0681 e. The van der Waals surface area contributed by atoms with Gasteiger partial charge in [0.1, 0.15) is 0 Å². The van der Waals surface area contributed by atoms with Crippen LogP contribution in [0.2, 0.25) is 0 Å². The number of anilines is 1. The normalized spacial score (nSPS) is 24.1. The van der Waals surface area contributed by atoms with Crippen LogP contribution in [-0.2, 0) is 0 Å². The molecule has 1 aromatic rings. The van der Waals surface area contributed by atoms with Crippen molar-refractivity contribution in [2.24, 2.45) is 5.92 Å². The van der Waals surface area contributed by atoms with Gasteiger partial charge in [-0.1, -0.05) is 26.0 Å². The number of benzene rings is 1. The van der Waals surface area contributed by atoms with Crippen LogP contribution in [0.25, 0.3) is 0 Å². The van der Waals surface area contributed by atoms with E-state index in [1.165, 1.54) is 11.3 Å². The molecule has 1 aromatic carbocycles. The molecule has 2 unspecified atom stereocenters. The molecule has 2 rings (SSSR count). The molecule has 17 heavy (non-hydrogen) atoms. The molecule has 0 amide bonds. The highest BCUT2D eigenvalue weighted by Crippen LogP contribution is 2.30. The molecule has 1 saturated heterocycles. The van der Waals surface area contributed by atoms with Gasteiger partial charge in [0.05, 0.1) is 12.0 Å². The molecule has 2 nitrogen and oxygen atoms in total. The van der Waals surface area contributed by atoms with Crippen LogP contribution in [0.3, 0.4) is 0 Å². The minimum Gasteiger partial charge on any atom is -0.367 e. The molecule has 0 bridgehead atoms. The predicted octanol–water partition coefficient (Wildman–Crippen LogP) is 3.55. The fourth-order valence-corrected chi connectivity index (χ4v) is 2.53. The number of hydrogen-bond donors (Lipinski definition) is 0. The highest BCUT2D eigenvalue weighted by Gasteiger charge is 2.30. The lowest BCUT2D eigenvalue weighted by Crippen LogP contribution is -2.29. The topological polar surface area (TPSA) is 27.0 Å². The molecule has 1 aliphatic heterocycles. The average molecular weight is 228 g/mol. The van der Waals surface area contributed by atoms with Crippen molar-refractivity contribution in [3.05, 3.63) is 29.8 Å². The van der Waals surface area contributed by atoms with Crippen LogP contribution in [0.5, 0.6) is 0 Å². The molecule has 0 aromatic heterocycles. The van der Waals surface area contributed by atoms with Crippen LogP contribution in [0.15, 0.2) is 24.3 Å². The first-order valence-corrected chi connectivity index (χ1v) is 6.39. The Balaban J connectivity index is 2.16. The molecule has 2 atom stereocenters. The Morgan fingerprint density at radius 1 is 1.29 bits per heavy atom. The van der Waals surface area contributed by atoms with Gasteiger partial charge in [0, 0.05) is 18.3 Å². The molecule has 1 heterocycles. The van der Waals surface area contributed by atoms with E-state index in [2.05, 4.69) is 56.0 Å². The monoisotopic (exact) mass is 228 g/mol. The van der Waals surface area contributed by atoms with Crippen LogP contribution >= 0.6 is 0 Å². The summed E-state index contributed by atoms with van der Waals surface area (Å²) in [6.45, 7) is 7.57. The third-order valence-corrected chi connectivity index (χ3v) is 3.81. The minimum atomic E-state index is 0.180. The summed E-state index contributed by atoms with van der Waals surface area (Å²) in [5.41, 5.74) is 2.62. The van der Waals surface area contributed by atoms with Crippen LogP contribution in [0.4, 0.5) is 5.69 Å². The Morgan fingerprint density at radius 3 is 2.41 bits per heavy atom. The SMILES string of the molecule is CC(C)c1ccc(N2CCC(C#N)C2C)cc1. The maximum Gasteiger partial charge on any atom is 0.0681 e. The number of nitrogens with zero attached hydrogens (tertiary/aromatic N) is 2. The van der Waals surface area contributed by atoms with E-state index in [4.69, 9.17) is 5.26 Å². The summed E-state index contributed by atoms with van der Waals surface area (Å²) >= 11 is 0. The van der Waals surface area contributed by atoms with Gasteiger partial charge in [-0.25, -0.2) is 0 Å². The zero-order valence-electron chi connectivity index (χ0n) is 10.9. The molecule has 0 radical (unpaired) electrons. The first kappa shape index (κ1) is 12.0. The van der Waals surface area contributed by atoms with Gasteiger partial charge < -0.3 is 4.90 Å². The third-order valence-electron chi connectivity index (χ3n) is 3.81. The van der Waals surface area contributed by atoms with E-state index < -0.39 is 0 Å². The van der Waals surface area contributed by atoms with Gasteiger partial charge in [-0.15, -0.1) is 0 Å². The first-order chi connectivity index (χ1) is 8.13. The average Bonchev–Trinajstić information content (AvgIpc) is 2.70. The van der Waals surface area contributed by atoms with E-state index in [-0.39, 0.29) is 5.92 Å². The zero-order chi connectivity index (χ0) is 12.4. The lowest BCUT2D eigenvalue weighted by Gasteiger charge is -2.25. The number of rotatable bonds is 2. The molecule has 0 aliphatic carbocycles. The Hall–Kier alpha value is -1.49. The second-order valence-corrected chi connectivity index (χ2v) is 5.20. The summed E-state index contributed by atoms with van der Waals surface area (Å²) in [5.74, 6) is 0.756. The van der Waals surface area contributed by atoms with Crippen LogP contribution in [-0.4, -0.2) is 12.6 Å². The maximum atomic E-state index is 9.04. The number of nitriles is 1. The Bertz CT molecular complexity index is 414. The molecular formula is C15H20N2. The van der Waals surface area contributed by atoms with Crippen molar-refractivity contribution in [3.63, 3.8) is 0 Å². The fourth-order valence-electron chi connectivity index (χ4n) is 2.53.